The molecule has 1 unspecified atom stereocenters. The minimum atomic E-state index is -0.725. The van der Waals surface area contributed by atoms with Crippen molar-refractivity contribution in [1.29, 1.82) is 0 Å². The maximum Gasteiger partial charge on any atom is 0.342 e. The van der Waals surface area contributed by atoms with Crippen molar-refractivity contribution >= 4 is 17.9 Å². The van der Waals surface area contributed by atoms with Gasteiger partial charge in [0.2, 0.25) is 0 Å². The molecular formula is C22H20O9. The lowest BCUT2D eigenvalue weighted by Gasteiger charge is -2.18. The van der Waals surface area contributed by atoms with E-state index in [1.165, 1.54) is 31.2 Å². The first-order valence-corrected chi connectivity index (χ1v) is 9.64. The van der Waals surface area contributed by atoms with Gasteiger partial charge in [0.1, 0.15) is 34.8 Å². The van der Waals surface area contributed by atoms with Gasteiger partial charge in [0.15, 0.2) is 12.2 Å². The fourth-order valence-electron chi connectivity index (χ4n) is 3.56. The Kier molecular flexibility index (Phi) is 5.88. The van der Waals surface area contributed by atoms with E-state index in [9.17, 15) is 19.5 Å². The Labute approximate surface area is 177 Å². The molecule has 2 heterocycles. The van der Waals surface area contributed by atoms with Gasteiger partial charge in [-0.25, -0.2) is 9.59 Å². The van der Waals surface area contributed by atoms with E-state index < -0.39 is 42.3 Å². The fourth-order valence-corrected chi connectivity index (χ4v) is 3.56. The topological polar surface area (TPSA) is 118 Å². The zero-order valence-electron chi connectivity index (χ0n) is 16.6. The molecule has 9 nitrogen and oxygen atoms in total. The number of esters is 3. The third-order valence-corrected chi connectivity index (χ3v) is 4.96. The van der Waals surface area contributed by atoms with Crippen LogP contribution in [-0.4, -0.2) is 60.6 Å². The number of para-hydroxylation sites is 2. The van der Waals surface area contributed by atoms with Crippen LogP contribution in [0.3, 0.4) is 0 Å². The molecule has 0 radical (unpaired) electrons. The van der Waals surface area contributed by atoms with Crippen LogP contribution in [0, 0.1) is 0 Å². The summed E-state index contributed by atoms with van der Waals surface area (Å²) in [7, 11) is 0. The van der Waals surface area contributed by atoms with Crippen LogP contribution in [0.2, 0.25) is 0 Å². The summed E-state index contributed by atoms with van der Waals surface area (Å²) in [6.45, 7) is 1.36. The fraction of sp³-hybridized carbons (Fsp3) is 0.318. The van der Waals surface area contributed by atoms with Crippen LogP contribution in [-0.2, 0) is 23.7 Å². The number of phenols is 1. The summed E-state index contributed by atoms with van der Waals surface area (Å²) in [4.78, 5) is 36.3. The van der Waals surface area contributed by atoms with Gasteiger partial charge in [0, 0.05) is 6.92 Å². The van der Waals surface area contributed by atoms with Crippen molar-refractivity contribution in [2.45, 2.75) is 31.3 Å². The lowest BCUT2D eigenvalue weighted by atomic mass is 10.1. The summed E-state index contributed by atoms with van der Waals surface area (Å²) in [5.41, 5.74) is 0.135. The standard InChI is InChI=1S/C22H20O9/c1-12(23)29-16-9-5-3-7-14(16)22(26)31-18-11-28-19-17(10-27-20(18)19)30-21(25)13-6-2-4-8-15(13)24/h2-9,17-20,24H,10-11H2,1H3/t17-,18?,19-,20-/m1/s1. The number of aromatic hydroxyl groups is 1. The first-order valence-electron chi connectivity index (χ1n) is 9.64. The van der Waals surface area contributed by atoms with Crippen molar-refractivity contribution in [3.63, 3.8) is 0 Å². The zero-order chi connectivity index (χ0) is 22.0. The van der Waals surface area contributed by atoms with E-state index in [0.29, 0.717) is 0 Å². The molecule has 4 rings (SSSR count). The highest BCUT2D eigenvalue weighted by Crippen LogP contribution is 2.32. The first-order chi connectivity index (χ1) is 14.9. The molecule has 0 aliphatic carbocycles. The van der Waals surface area contributed by atoms with Gasteiger partial charge in [-0.2, -0.15) is 0 Å². The number of hydrogen-bond acceptors (Lipinski definition) is 9. The van der Waals surface area contributed by atoms with Crippen molar-refractivity contribution in [3.8, 4) is 11.5 Å². The first kappa shape index (κ1) is 20.8. The van der Waals surface area contributed by atoms with E-state index in [4.69, 9.17) is 23.7 Å². The van der Waals surface area contributed by atoms with E-state index in [1.54, 1.807) is 24.3 Å². The van der Waals surface area contributed by atoms with E-state index in [0.717, 1.165) is 0 Å². The van der Waals surface area contributed by atoms with Crippen LogP contribution in [0.5, 0.6) is 11.5 Å². The molecule has 2 aliphatic rings. The maximum absolute atomic E-state index is 12.6. The number of carbonyl (C=O) groups excluding carboxylic acids is 3. The van der Waals surface area contributed by atoms with Gasteiger partial charge < -0.3 is 28.8 Å². The monoisotopic (exact) mass is 428 g/mol. The second kappa shape index (κ2) is 8.75. The van der Waals surface area contributed by atoms with Gasteiger partial charge in [-0.15, -0.1) is 0 Å². The third-order valence-electron chi connectivity index (χ3n) is 4.96. The molecule has 2 aromatic rings. The Bertz CT molecular complexity index is 1000. The second-order valence-electron chi connectivity index (χ2n) is 7.09. The Hall–Kier alpha value is -3.43. The van der Waals surface area contributed by atoms with Crippen molar-refractivity contribution < 1.29 is 43.2 Å². The van der Waals surface area contributed by atoms with E-state index in [2.05, 4.69) is 0 Å². The van der Waals surface area contributed by atoms with Gasteiger partial charge in [-0.05, 0) is 24.3 Å². The molecule has 162 valence electrons. The number of fused-ring (bicyclic) bond motifs is 1. The molecule has 9 heteroatoms. The zero-order valence-corrected chi connectivity index (χ0v) is 16.6. The number of hydrogen-bond donors (Lipinski definition) is 1. The number of benzene rings is 2. The Balaban J connectivity index is 1.40. The highest BCUT2D eigenvalue weighted by atomic mass is 16.7. The Morgan fingerprint density at radius 1 is 0.839 bits per heavy atom. The molecule has 2 aromatic carbocycles. The van der Waals surface area contributed by atoms with Crippen LogP contribution < -0.4 is 4.74 Å². The van der Waals surface area contributed by atoms with Gasteiger partial charge in [-0.3, -0.25) is 4.79 Å². The van der Waals surface area contributed by atoms with E-state index >= 15 is 0 Å². The van der Waals surface area contributed by atoms with Crippen LogP contribution in [0.1, 0.15) is 27.6 Å². The van der Waals surface area contributed by atoms with Gasteiger partial charge in [0.25, 0.3) is 0 Å². The van der Waals surface area contributed by atoms with E-state index in [1.807, 2.05) is 0 Å². The third kappa shape index (κ3) is 4.37. The minimum Gasteiger partial charge on any atom is -0.507 e. The number of rotatable bonds is 5. The summed E-state index contributed by atoms with van der Waals surface area (Å²) >= 11 is 0. The molecule has 0 spiro atoms. The molecule has 0 aromatic heterocycles. The maximum atomic E-state index is 12.6. The van der Waals surface area contributed by atoms with Gasteiger partial charge in [-0.1, -0.05) is 24.3 Å². The Morgan fingerprint density at radius 2 is 1.35 bits per heavy atom. The quantitative estimate of drug-likeness (QED) is 0.562. The SMILES string of the molecule is CC(=O)Oc1ccccc1C(=O)OC1CO[C@H]2[C@@H]1OC[C@H]2OC(=O)c1ccccc1O. The van der Waals surface area contributed by atoms with E-state index in [-0.39, 0.29) is 35.8 Å². The summed E-state index contributed by atoms with van der Waals surface area (Å²) in [5, 5.41) is 9.82. The highest BCUT2D eigenvalue weighted by molar-refractivity contribution is 5.93. The summed E-state index contributed by atoms with van der Waals surface area (Å²) in [6.07, 6.45) is -2.67. The molecule has 1 N–H and O–H groups in total. The van der Waals surface area contributed by atoms with Gasteiger partial charge >= 0.3 is 17.9 Å². The normalized spacial score (nSPS) is 24.3. The average Bonchev–Trinajstić information content (AvgIpc) is 3.31. The molecule has 4 atom stereocenters. The Morgan fingerprint density at radius 3 is 1.94 bits per heavy atom. The van der Waals surface area contributed by atoms with Crippen molar-refractivity contribution in [3.05, 3.63) is 59.7 Å². The van der Waals surface area contributed by atoms with Crippen LogP contribution >= 0.6 is 0 Å². The lowest BCUT2D eigenvalue weighted by Crippen LogP contribution is -2.36. The summed E-state index contributed by atoms with van der Waals surface area (Å²) in [5.74, 6) is -2.04. The molecule has 2 saturated heterocycles. The van der Waals surface area contributed by atoms with Crippen LogP contribution in [0.25, 0.3) is 0 Å². The largest absolute Gasteiger partial charge is 0.507 e. The lowest BCUT2D eigenvalue weighted by molar-refractivity contribution is -0.131. The molecule has 0 saturated carbocycles. The number of ether oxygens (including phenoxy) is 5. The molecule has 2 fully saturated rings. The highest BCUT2D eigenvalue weighted by Gasteiger charge is 2.51. The average molecular weight is 428 g/mol. The molecular weight excluding hydrogens is 408 g/mol. The molecule has 31 heavy (non-hydrogen) atoms. The van der Waals surface area contributed by atoms with Crippen LogP contribution in [0.15, 0.2) is 48.5 Å². The molecule has 0 amide bonds. The summed E-state index contributed by atoms with van der Waals surface area (Å²) in [6, 6.07) is 12.3. The summed E-state index contributed by atoms with van der Waals surface area (Å²) < 4.78 is 27.4. The number of phenolic OH excluding ortho intramolecular Hbond substituents is 1. The van der Waals surface area contributed by atoms with Gasteiger partial charge in [0.05, 0.1) is 13.2 Å². The number of carbonyl (C=O) groups is 3. The predicted octanol–water partition coefficient (Wildman–Crippen LogP) is 1.87. The molecule has 0 bridgehead atoms. The second-order valence-corrected chi connectivity index (χ2v) is 7.09. The van der Waals surface area contributed by atoms with Crippen LogP contribution in [0.4, 0.5) is 0 Å². The van der Waals surface area contributed by atoms with Crippen molar-refractivity contribution in [2.24, 2.45) is 0 Å². The van der Waals surface area contributed by atoms with Crippen molar-refractivity contribution in [1.82, 2.24) is 0 Å². The smallest absolute Gasteiger partial charge is 0.342 e. The predicted molar refractivity (Wildman–Crippen MR) is 104 cm³/mol. The van der Waals surface area contributed by atoms with Crippen molar-refractivity contribution in [2.75, 3.05) is 13.2 Å². The minimum absolute atomic E-state index is 0.0361. The molecule has 2 aliphatic heterocycles.